The largest absolute Gasteiger partial charge is 1.00 e. The molecule has 2 aromatic carbocycles. The number of hydrogen-bond donors (Lipinski definition) is 0. The van der Waals surface area contributed by atoms with Crippen molar-refractivity contribution in [1.29, 1.82) is 0 Å². The van der Waals surface area contributed by atoms with Crippen molar-refractivity contribution in [2.75, 3.05) is 0 Å². The molecule has 152 valence electrons. The molecule has 0 atom stereocenters. The maximum absolute atomic E-state index is 11.4. The molecule has 0 amide bonds. The van der Waals surface area contributed by atoms with Crippen LogP contribution in [0.3, 0.4) is 0 Å². The van der Waals surface area contributed by atoms with Crippen molar-refractivity contribution in [1.82, 2.24) is 0 Å². The van der Waals surface area contributed by atoms with Gasteiger partial charge >= 0.3 is 59.1 Å². The minimum atomic E-state index is -4.95. The van der Waals surface area contributed by atoms with Crippen LogP contribution < -0.4 is 59.1 Å². The summed E-state index contributed by atoms with van der Waals surface area (Å²) in [6.07, 6.45) is 2.20. The normalized spacial score (nSPS) is 10.5. The van der Waals surface area contributed by atoms with Crippen molar-refractivity contribution >= 4 is 43.8 Å². The van der Waals surface area contributed by atoms with Crippen LogP contribution in [0.25, 0.3) is 33.0 Å². The van der Waals surface area contributed by atoms with Crippen LogP contribution in [0.4, 0.5) is 11.4 Å². The van der Waals surface area contributed by atoms with Crippen LogP contribution in [0.2, 0.25) is 0 Å². The van der Waals surface area contributed by atoms with Gasteiger partial charge in [-0.15, -0.1) is 0 Å². The van der Waals surface area contributed by atoms with E-state index in [2.05, 4.69) is 20.1 Å². The van der Waals surface area contributed by atoms with Crippen molar-refractivity contribution in [3.63, 3.8) is 0 Å². The number of nitrogens with zero attached hydrogens (tertiary/aromatic N) is 6. The van der Waals surface area contributed by atoms with Crippen LogP contribution in [-0.4, -0.2) is 31.4 Å². The predicted octanol–water partition coefficient (Wildman–Crippen LogP) is -3.27. The molecule has 0 aromatic heterocycles. The number of hydrogen-bond acceptors (Lipinski definition) is 8. The molecule has 0 saturated carbocycles. The van der Waals surface area contributed by atoms with Crippen molar-refractivity contribution in [2.45, 2.75) is 9.79 Å². The van der Waals surface area contributed by atoms with Gasteiger partial charge in [-0.25, -0.2) is 16.8 Å². The summed E-state index contributed by atoms with van der Waals surface area (Å²) in [5, 5.41) is 6.41. The van der Waals surface area contributed by atoms with E-state index in [9.17, 15) is 25.9 Å². The Hall–Kier alpha value is -1.42. The van der Waals surface area contributed by atoms with Gasteiger partial charge in [-0.05, 0) is 34.3 Å². The van der Waals surface area contributed by atoms with Gasteiger partial charge < -0.3 is 14.6 Å². The summed E-state index contributed by atoms with van der Waals surface area (Å²) in [5.74, 6) is 0. The standard InChI is InChI=1S/C14H10N6O6S2.2Na.H2O/c15-19-17-11-5-3-9(13(7-11)27(21,22)23)1-2-10-4-6-12(18-20-16)8-14(10)28(24,25)26;;;/h1-8H,(H,21,22,23)(H,24,25,26);;;1H2/q;2*+1;/p-2/b2-1+;;;. The second kappa shape index (κ2) is 13.2. The average Bonchev–Trinajstić information content (AvgIpc) is 2.60. The molecule has 31 heavy (non-hydrogen) atoms. The molecule has 0 spiro atoms. The average molecular weight is 484 g/mol. The molecule has 17 heteroatoms. The third-order valence-corrected chi connectivity index (χ3v) is 5.08. The van der Waals surface area contributed by atoms with Crippen LogP contribution in [0, 0.1) is 0 Å². The molecule has 0 bridgehead atoms. The van der Waals surface area contributed by atoms with Gasteiger partial charge in [-0.1, -0.05) is 46.6 Å². The van der Waals surface area contributed by atoms with Crippen molar-refractivity contribution in [3.05, 3.63) is 68.4 Å². The summed E-state index contributed by atoms with van der Waals surface area (Å²) >= 11 is 0. The fourth-order valence-electron chi connectivity index (χ4n) is 2.16. The molecule has 2 aromatic rings. The van der Waals surface area contributed by atoms with Crippen molar-refractivity contribution in [2.24, 2.45) is 10.2 Å². The first-order chi connectivity index (χ1) is 13.1. The van der Waals surface area contributed by atoms with Crippen LogP contribution in [-0.2, 0) is 20.2 Å². The molecule has 0 saturated heterocycles. The van der Waals surface area contributed by atoms with E-state index in [1.165, 1.54) is 24.3 Å². The Kier molecular flexibility index (Phi) is 13.5. The monoisotopic (exact) mass is 484 g/mol. The maximum atomic E-state index is 11.4. The Morgan fingerprint density at radius 2 is 1.06 bits per heavy atom. The molecule has 13 nitrogen and oxygen atoms in total. The third kappa shape index (κ3) is 8.92. The summed E-state index contributed by atoms with van der Waals surface area (Å²) in [5.41, 5.74) is 16.3. The van der Waals surface area contributed by atoms with E-state index in [0.717, 1.165) is 24.3 Å². The summed E-state index contributed by atoms with van der Waals surface area (Å²) in [6, 6.07) is 6.54. The summed E-state index contributed by atoms with van der Waals surface area (Å²) in [6.45, 7) is 0. The van der Waals surface area contributed by atoms with Gasteiger partial charge in [0, 0.05) is 21.2 Å². The first-order valence-electron chi connectivity index (χ1n) is 7.04. The smallest absolute Gasteiger partial charge is 0.744 e. The van der Waals surface area contributed by atoms with Gasteiger partial charge in [0.2, 0.25) is 0 Å². The molecule has 0 unspecified atom stereocenters. The molecule has 2 N–H and O–H groups in total. The first kappa shape index (κ1) is 31.8. The Morgan fingerprint density at radius 1 is 0.742 bits per heavy atom. The van der Waals surface area contributed by atoms with Gasteiger partial charge in [0.15, 0.2) is 0 Å². The van der Waals surface area contributed by atoms with Gasteiger partial charge in [0.25, 0.3) is 0 Å². The second-order valence-electron chi connectivity index (χ2n) is 5.06. The zero-order valence-electron chi connectivity index (χ0n) is 16.1. The van der Waals surface area contributed by atoms with Crippen LogP contribution >= 0.6 is 0 Å². The Morgan fingerprint density at radius 3 is 1.32 bits per heavy atom. The van der Waals surface area contributed by atoms with Gasteiger partial charge in [-0.2, -0.15) is 0 Å². The number of rotatable bonds is 6. The minimum Gasteiger partial charge on any atom is -0.744 e. The molecular formula is C14H10N6Na2O7S2. The quantitative estimate of drug-likeness (QED) is 0.102. The summed E-state index contributed by atoms with van der Waals surface area (Å²) in [7, 11) is -9.90. The first-order valence-corrected chi connectivity index (χ1v) is 9.86. The fraction of sp³-hybridized carbons (Fsp3) is 0. The zero-order valence-corrected chi connectivity index (χ0v) is 21.7. The molecule has 0 aliphatic heterocycles. The zero-order chi connectivity index (χ0) is 20.9. The molecule has 0 heterocycles. The van der Waals surface area contributed by atoms with Gasteiger partial charge in [0.05, 0.1) is 9.79 Å². The van der Waals surface area contributed by atoms with E-state index in [1.54, 1.807) is 0 Å². The minimum absolute atomic E-state index is 0. The predicted molar refractivity (Wildman–Crippen MR) is 99.0 cm³/mol. The van der Waals surface area contributed by atoms with E-state index < -0.39 is 30.0 Å². The van der Waals surface area contributed by atoms with Crippen molar-refractivity contribution < 1.29 is 90.5 Å². The molecule has 2 rings (SSSR count). The molecule has 0 aliphatic carbocycles. The summed E-state index contributed by atoms with van der Waals surface area (Å²) in [4.78, 5) is 3.57. The van der Waals surface area contributed by atoms with Crippen molar-refractivity contribution in [3.8, 4) is 0 Å². The van der Waals surface area contributed by atoms with E-state index in [0.29, 0.717) is 0 Å². The second-order valence-corrected chi connectivity index (χ2v) is 7.76. The molecule has 0 aliphatic rings. The SMILES string of the molecule is O.[N-]=[N+]=Nc1ccc(/C=C/c2ccc(N=[N+]=[N-])cc2S(=O)(=O)[O-])c(S(=O)(=O)[O-])c1.[Na+].[Na+]. The summed E-state index contributed by atoms with van der Waals surface area (Å²) < 4.78 is 68.7. The van der Waals surface area contributed by atoms with E-state index in [4.69, 9.17) is 11.1 Å². The topological polar surface area (TPSA) is 243 Å². The Balaban J connectivity index is 0. The van der Waals surface area contributed by atoms with Gasteiger partial charge in [-0.3, -0.25) is 0 Å². The van der Waals surface area contributed by atoms with Crippen LogP contribution in [0.1, 0.15) is 11.1 Å². The van der Waals surface area contributed by atoms with E-state index in [-0.39, 0.29) is 87.1 Å². The molecular weight excluding hydrogens is 474 g/mol. The maximum Gasteiger partial charge on any atom is 1.00 e. The Bertz CT molecular complexity index is 1190. The molecule has 0 radical (unpaired) electrons. The molecule has 0 fully saturated rings. The van der Waals surface area contributed by atoms with E-state index in [1.807, 2.05) is 0 Å². The van der Waals surface area contributed by atoms with E-state index >= 15 is 0 Å². The number of azide groups is 2. The van der Waals surface area contributed by atoms with Crippen LogP contribution in [0.15, 0.2) is 56.4 Å². The number of benzene rings is 2. The van der Waals surface area contributed by atoms with Crippen LogP contribution in [0.5, 0.6) is 0 Å². The fourth-order valence-corrected chi connectivity index (χ4v) is 3.54. The van der Waals surface area contributed by atoms with Gasteiger partial charge in [0.1, 0.15) is 20.2 Å². The third-order valence-electron chi connectivity index (χ3n) is 3.30. The Labute approximate surface area is 220 Å².